The topological polar surface area (TPSA) is 86.0 Å². The number of hydrogen-bond acceptors (Lipinski definition) is 6. The van der Waals surface area contributed by atoms with Gasteiger partial charge in [-0.15, -0.1) is 0 Å². The van der Waals surface area contributed by atoms with E-state index in [4.69, 9.17) is 25.8 Å². The van der Waals surface area contributed by atoms with Gasteiger partial charge in [0.1, 0.15) is 23.3 Å². The van der Waals surface area contributed by atoms with Gasteiger partial charge in [-0.25, -0.2) is 18.2 Å². The number of fused-ring (bicyclic) bond motifs is 2. The number of aliphatic hydroxyl groups excluding tert-OH is 1. The number of aliphatic hydroxyl groups is 2. The minimum Gasteiger partial charge on any atom is -0.444 e. The van der Waals surface area contributed by atoms with Gasteiger partial charge in [0, 0.05) is 41.7 Å². The molecule has 0 amide bonds. The van der Waals surface area contributed by atoms with Crippen LogP contribution in [0, 0.1) is 17.5 Å². The van der Waals surface area contributed by atoms with E-state index in [1.807, 2.05) is 4.57 Å². The van der Waals surface area contributed by atoms with Gasteiger partial charge in [-0.3, -0.25) is 0 Å². The van der Waals surface area contributed by atoms with E-state index in [1.54, 1.807) is 43.3 Å². The molecule has 0 saturated carbocycles. The molecule has 7 rings (SSSR count). The first kappa shape index (κ1) is 28.7. The maximum Gasteiger partial charge on any atom is 0.278 e. The summed E-state index contributed by atoms with van der Waals surface area (Å²) in [4.78, 5) is 4.62. The van der Waals surface area contributed by atoms with Crippen molar-refractivity contribution in [3.05, 3.63) is 112 Å². The minimum absolute atomic E-state index is 0.0830. The second kappa shape index (κ2) is 10.8. The lowest BCUT2D eigenvalue weighted by Crippen LogP contribution is -2.32. The van der Waals surface area contributed by atoms with Crippen LogP contribution < -0.4 is 9.47 Å². The Bertz CT molecular complexity index is 1900. The summed E-state index contributed by atoms with van der Waals surface area (Å²) in [5.74, 6) is -2.79. The van der Waals surface area contributed by atoms with Gasteiger partial charge in [0.2, 0.25) is 0 Å². The third-order valence-electron chi connectivity index (χ3n) is 8.12. The summed E-state index contributed by atoms with van der Waals surface area (Å²) in [7, 11) is 0. The Kier molecular flexibility index (Phi) is 7.05. The molecular formula is C33H26ClF3N2O5. The van der Waals surface area contributed by atoms with E-state index in [-0.39, 0.29) is 45.6 Å². The van der Waals surface area contributed by atoms with Gasteiger partial charge in [0.05, 0.1) is 29.2 Å². The molecule has 44 heavy (non-hydrogen) atoms. The molecule has 0 aliphatic carbocycles. The van der Waals surface area contributed by atoms with Crippen LogP contribution in [-0.2, 0) is 23.5 Å². The number of hydrogen-bond donors (Lipinski definition) is 2. The number of halogens is 4. The highest BCUT2D eigenvalue weighted by Gasteiger charge is 2.42. The molecule has 4 aromatic carbocycles. The molecule has 2 atom stereocenters. The molecule has 2 aliphatic rings. The Hall–Kier alpha value is -4.09. The van der Waals surface area contributed by atoms with Crippen LogP contribution in [0.15, 0.2) is 66.7 Å². The van der Waals surface area contributed by atoms with Gasteiger partial charge in [-0.1, -0.05) is 29.8 Å². The predicted octanol–water partition coefficient (Wildman–Crippen LogP) is 6.78. The normalized spacial score (nSPS) is 19.1. The van der Waals surface area contributed by atoms with Gasteiger partial charge in [0.15, 0.2) is 17.8 Å². The minimum atomic E-state index is -1.68. The maximum atomic E-state index is 15.7. The van der Waals surface area contributed by atoms with Gasteiger partial charge in [-0.05, 0) is 60.5 Å². The van der Waals surface area contributed by atoms with Crippen LogP contribution in [0.5, 0.6) is 11.5 Å². The van der Waals surface area contributed by atoms with Crippen LogP contribution in [0.1, 0.15) is 42.1 Å². The largest absolute Gasteiger partial charge is 0.444 e. The van der Waals surface area contributed by atoms with Crippen molar-refractivity contribution in [2.45, 2.75) is 44.5 Å². The average Bonchev–Trinajstić information content (AvgIpc) is 3.48. The monoisotopic (exact) mass is 622 g/mol. The van der Waals surface area contributed by atoms with Crippen LogP contribution in [0.4, 0.5) is 13.2 Å². The Morgan fingerprint density at radius 1 is 1.00 bits per heavy atom. The van der Waals surface area contributed by atoms with E-state index in [2.05, 4.69) is 4.98 Å². The molecule has 1 unspecified atom stereocenters. The fourth-order valence-electron chi connectivity index (χ4n) is 5.73. The Labute approximate surface area is 255 Å². The van der Waals surface area contributed by atoms with Crippen LogP contribution >= 0.6 is 11.6 Å². The summed E-state index contributed by atoms with van der Waals surface area (Å²) in [6.45, 7) is 2.58. The summed E-state index contributed by atoms with van der Waals surface area (Å²) in [5, 5.41) is 19.6. The van der Waals surface area contributed by atoms with Crippen molar-refractivity contribution in [3.8, 4) is 22.6 Å². The zero-order chi connectivity index (χ0) is 30.7. The number of aromatic nitrogens is 2. The van der Waals surface area contributed by atoms with Crippen LogP contribution in [0.3, 0.4) is 0 Å². The molecule has 2 N–H and O–H groups in total. The highest BCUT2D eigenvalue weighted by Crippen LogP contribution is 2.50. The molecule has 1 saturated heterocycles. The van der Waals surface area contributed by atoms with Crippen molar-refractivity contribution in [1.82, 2.24) is 9.55 Å². The maximum absolute atomic E-state index is 15.7. The van der Waals surface area contributed by atoms with Crippen molar-refractivity contribution in [2.24, 2.45) is 0 Å². The molecule has 3 heterocycles. The number of nitrogens with zero attached hydrogens (tertiary/aromatic N) is 2. The Morgan fingerprint density at radius 2 is 1.77 bits per heavy atom. The van der Waals surface area contributed by atoms with E-state index in [9.17, 15) is 14.6 Å². The molecule has 0 radical (unpaired) electrons. The number of imidazole rings is 1. The first-order valence-corrected chi connectivity index (χ1v) is 14.4. The predicted molar refractivity (Wildman–Crippen MR) is 156 cm³/mol. The van der Waals surface area contributed by atoms with Crippen LogP contribution in [0.2, 0.25) is 5.02 Å². The highest BCUT2D eigenvalue weighted by molar-refractivity contribution is 6.30. The van der Waals surface area contributed by atoms with E-state index in [0.29, 0.717) is 41.3 Å². The molecule has 1 fully saturated rings. The van der Waals surface area contributed by atoms with Crippen molar-refractivity contribution >= 4 is 22.6 Å². The molecule has 11 heteroatoms. The Morgan fingerprint density at radius 3 is 2.45 bits per heavy atom. The van der Waals surface area contributed by atoms with Gasteiger partial charge >= 0.3 is 0 Å². The summed E-state index contributed by atoms with van der Waals surface area (Å²) in [5.41, 5.74) is 1.96. The van der Waals surface area contributed by atoms with Gasteiger partial charge in [0.25, 0.3) is 5.79 Å². The van der Waals surface area contributed by atoms with Crippen molar-refractivity contribution in [2.75, 3.05) is 6.61 Å². The highest BCUT2D eigenvalue weighted by atomic mass is 35.5. The van der Waals surface area contributed by atoms with E-state index < -0.39 is 29.5 Å². The summed E-state index contributed by atoms with van der Waals surface area (Å²) in [6.07, 6.45) is -1.09. The van der Waals surface area contributed by atoms with Crippen molar-refractivity contribution < 1.29 is 37.6 Å². The first-order valence-electron chi connectivity index (χ1n) is 14.0. The number of para-hydroxylation sites is 1. The molecular weight excluding hydrogens is 597 g/mol. The standard InChI is InChI=1S/C33H26ClF3N2O5/c1-33(23-7-6-19(34)14-26(23)37)43-29-4-2-3-21(31(29)44-33)18-11-24(35)22(25(36)12-18)15-30-38-27-8-5-17(32(40)41)13-28(27)39(30)16-20-9-10-42-20/h2-8,11-14,20,32,40-41H,9-10,15-16H2,1H3/t20-,33?/m0/s1. The SMILES string of the molecule is CC1(c2ccc(Cl)cc2F)Oc2cccc(-c3cc(F)c(Cc4nc5ccc(C(O)O)cc5n4C[C@@H]4CCO4)c(F)c3)c2O1. The van der Waals surface area contributed by atoms with E-state index in [0.717, 1.165) is 12.5 Å². The third-order valence-corrected chi connectivity index (χ3v) is 8.35. The zero-order valence-corrected chi connectivity index (χ0v) is 24.1. The third kappa shape index (κ3) is 4.97. The zero-order valence-electron chi connectivity index (χ0n) is 23.4. The van der Waals surface area contributed by atoms with Crippen molar-refractivity contribution in [1.29, 1.82) is 0 Å². The lowest BCUT2D eigenvalue weighted by molar-refractivity contribution is -0.0705. The molecule has 226 valence electrons. The van der Waals surface area contributed by atoms with Crippen LogP contribution in [0.25, 0.3) is 22.2 Å². The van der Waals surface area contributed by atoms with Crippen LogP contribution in [-0.4, -0.2) is 32.5 Å². The van der Waals surface area contributed by atoms with E-state index >= 15 is 8.78 Å². The first-order chi connectivity index (χ1) is 21.1. The van der Waals surface area contributed by atoms with E-state index in [1.165, 1.54) is 24.3 Å². The van der Waals surface area contributed by atoms with Gasteiger partial charge in [-0.2, -0.15) is 0 Å². The molecule has 7 nitrogen and oxygen atoms in total. The lowest BCUT2D eigenvalue weighted by atomic mass is 10.00. The molecule has 0 spiro atoms. The number of ether oxygens (including phenoxy) is 3. The van der Waals surface area contributed by atoms with Gasteiger partial charge < -0.3 is 29.0 Å². The summed E-state index contributed by atoms with van der Waals surface area (Å²) in [6, 6.07) is 16.3. The fourth-order valence-corrected chi connectivity index (χ4v) is 5.89. The second-order valence-corrected chi connectivity index (χ2v) is 11.5. The smallest absolute Gasteiger partial charge is 0.278 e. The van der Waals surface area contributed by atoms with Crippen molar-refractivity contribution in [3.63, 3.8) is 0 Å². The second-order valence-electron chi connectivity index (χ2n) is 11.0. The summed E-state index contributed by atoms with van der Waals surface area (Å²) < 4.78 is 65.8. The Balaban J connectivity index is 1.23. The number of rotatable bonds is 7. The molecule has 1 aromatic heterocycles. The average molecular weight is 623 g/mol. The fraction of sp³-hybridized carbons (Fsp3) is 0.242. The molecule has 2 aliphatic heterocycles. The number of benzene rings is 4. The quantitative estimate of drug-likeness (QED) is 0.195. The molecule has 0 bridgehead atoms. The molecule has 5 aromatic rings. The summed E-state index contributed by atoms with van der Waals surface area (Å²) >= 11 is 5.91. The lowest BCUT2D eigenvalue weighted by Gasteiger charge is -2.27.